The van der Waals surface area contributed by atoms with Crippen LogP contribution in [0.3, 0.4) is 0 Å². The van der Waals surface area contributed by atoms with Crippen LogP contribution in [0.2, 0.25) is 0 Å². The van der Waals surface area contributed by atoms with E-state index in [2.05, 4.69) is 10.6 Å². The van der Waals surface area contributed by atoms with E-state index in [1.807, 2.05) is 45.2 Å². The van der Waals surface area contributed by atoms with Crippen LogP contribution in [0.1, 0.15) is 17.3 Å². The van der Waals surface area contributed by atoms with Gasteiger partial charge in [0.25, 0.3) is 11.8 Å². The molecule has 8 N–H and O–H groups in total. The average Bonchev–Trinajstić information content (AvgIpc) is 2.77. The number of hydrogen-bond acceptors (Lipinski definition) is 9. The van der Waals surface area contributed by atoms with E-state index in [1.165, 1.54) is 18.9 Å². The molecular formula is C18H24I3N3O9. The predicted octanol–water partition coefficient (Wildman–Crippen LogP) is -1.42. The number of anilines is 2. The summed E-state index contributed by atoms with van der Waals surface area (Å²) in [4.78, 5) is 38.7. The van der Waals surface area contributed by atoms with Gasteiger partial charge in [0.1, 0.15) is 18.3 Å². The lowest BCUT2D eigenvalue weighted by molar-refractivity contribution is -0.144. The van der Waals surface area contributed by atoms with Crippen molar-refractivity contribution in [1.29, 1.82) is 0 Å². The van der Waals surface area contributed by atoms with Gasteiger partial charge in [-0.3, -0.25) is 14.4 Å². The van der Waals surface area contributed by atoms with E-state index in [0.717, 1.165) is 0 Å². The van der Waals surface area contributed by atoms with Crippen LogP contribution in [0.4, 0.5) is 11.4 Å². The molecule has 4 atom stereocenters. The van der Waals surface area contributed by atoms with Gasteiger partial charge < -0.3 is 46.2 Å². The van der Waals surface area contributed by atoms with E-state index < -0.39 is 42.8 Å². The van der Waals surface area contributed by atoms with Gasteiger partial charge in [-0.25, -0.2) is 0 Å². The number of nitrogens with one attached hydrogen (secondary N) is 2. The first-order valence-corrected chi connectivity index (χ1v) is 12.5. The molecule has 0 spiro atoms. The van der Waals surface area contributed by atoms with Crippen molar-refractivity contribution in [3.05, 3.63) is 16.3 Å². The molecule has 0 bridgehead atoms. The van der Waals surface area contributed by atoms with Crippen molar-refractivity contribution in [3.8, 4) is 0 Å². The highest BCUT2D eigenvalue weighted by Crippen LogP contribution is 2.40. The fourth-order valence-corrected chi connectivity index (χ4v) is 7.19. The summed E-state index contributed by atoms with van der Waals surface area (Å²) in [5, 5.41) is 62.2. The molecule has 1 aromatic rings. The number of amides is 3. The maximum atomic E-state index is 12.8. The molecule has 0 saturated carbocycles. The van der Waals surface area contributed by atoms with Crippen LogP contribution in [-0.4, -0.2) is 99.6 Å². The number of rotatable bonds is 10. The zero-order valence-electron chi connectivity index (χ0n) is 17.4. The SMILES string of the molecule is CC(=O)N(C)c1c(I)c(NC(=O)[C@H](O)[C@H](O)[C@@H](O)[C@@H](O)CO)c(I)c(C(=O)NCCO)c1I. The summed E-state index contributed by atoms with van der Waals surface area (Å²) < 4.78 is 1.00. The Balaban J connectivity index is 3.53. The standard InChI is InChI=1S/C18H24I3N3O9/c1-6(27)24(2)13-10(20)8(17(32)22-3-4-25)9(19)12(11(13)21)23-18(33)16(31)15(30)14(29)7(28)5-26/h7,14-16,25-26,28-31H,3-5H2,1-2H3,(H,22,32)(H,23,33)/t7-,14-,15+,16+/m0/s1. The zero-order valence-corrected chi connectivity index (χ0v) is 23.9. The number of halogens is 3. The molecule has 0 radical (unpaired) electrons. The summed E-state index contributed by atoms with van der Waals surface area (Å²) in [6.45, 7) is 0.0556. The summed E-state index contributed by atoms with van der Waals surface area (Å²) in [6, 6.07) is 0. The predicted molar refractivity (Wildman–Crippen MR) is 143 cm³/mol. The average molecular weight is 807 g/mol. The Bertz CT molecular complexity index is 903. The molecule has 1 aromatic carbocycles. The van der Waals surface area contributed by atoms with E-state index >= 15 is 0 Å². The molecule has 1 rings (SSSR count). The van der Waals surface area contributed by atoms with Crippen LogP contribution in [0, 0.1) is 10.7 Å². The van der Waals surface area contributed by atoms with Crippen LogP contribution in [0.25, 0.3) is 0 Å². The van der Waals surface area contributed by atoms with Gasteiger partial charge in [-0.2, -0.15) is 0 Å². The van der Waals surface area contributed by atoms with E-state index in [-0.39, 0.29) is 33.9 Å². The van der Waals surface area contributed by atoms with Crippen molar-refractivity contribution in [2.45, 2.75) is 31.3 Å². The molecular weight excluding hydrogens is 783 g/mol. The molecule has 33 heavy (non-hydrogen) atoms. The first-order valence-electron chi connectivity index (χ1n) is 9.29. The molecule has 0 aliphatic heterocycles. The van der Waals surface area contributed by atoms with Gasteiger partial charge in [-0.1, -0.05) is 0 Å². The minimum Gasteiger partial charge on any atom is -0.395 e. The lowest BCUT2D eigenvalue weighted by atomic mass is 10.0. The van der Waals surface area contributed by atoms with E-state index in [9.17, 15) is 34.8 Å². The molecule has 0 heterocycles. The Morgan fingerprint density at radius 1 is 0.970 bits per heavy atom. The van der Waals surface area contributed by atoms with Crippen molar-refractivity contribution >= 4 is 96.9 Å². The summed E-state index contributed by atoms with van der Waals surface area (Å²) in [7, 11) is 1.47. The van der Waals surface area contributed by atoms with Crippen LogP contribution < -0.4 is 15.5 Å². The van der Waals surface area contributed by atoms with Crippen molar-refractivity contribution < 1.29 is 45.0 Å². The molecule has 0 saturated heterocycles. The van der Waals surface area contributed by atoms with Crippen LogP contribution >= 0.6 is 67.8 Å². The molecule has 186 valence electrons. The second kappa shape index (κ2) is 13.6. The van der Waals surface area contributed by atoms with E-state index in [4.69, 9.17) is 10.2 Å². The zero-order chi connectivity index (χ0) is 25.6. The number of aliphatic hydroxyl groups excluding tert-OH is 6. The molecule has 3 amide bonds. The molecule has 12 nitrogen and oxygen atoms in total. The van der Waals surface area contributed by atoms with Crippen molar-refractivity contribution in [3.63, 3.8) is 0 Å². The molecule has 15 heteroatoms. The summed E-state index contributed by atoms with van der Waals surface area (Å²) >= 11 is 5.55. The van der Waals surface area contributed by atoms with Crippen LogP contribution in [-0.2, 0) is 9.59 Å². The third-order valence-corrected chi connectivity index (χ3v) is 7.68. The maximum Gasteiger partial charge on any atom is 0.256 e. The maximum absolute atomic E-state index is 12.8. The monoisotopic (exact) mass is 807 g/mol. The lowest BCUT2D eigenvalue weighted by Gasteiger charge is -2.27. The summed E-state index contributed by atoms with van der Waals surface area (Å²) in [5.41, 5.74) is 0.468. The van der Waals surface area contributed by atoms with Crippen molar-refractivity contribution in [2.24, 2.45) is 0 Å². The lowest BCUT2D eigenvalue weighted by Crippen LogP contribution is -2.50. The summed E-state index contributed by atoms with van der Waals surface area (Å²) in [5.74, 6) is -2.10. The Hall–Kier alpha value is -0.420. The smallest absolute Gasteiger partial charge is 0.256 e. The number of nitrogens with zero attached hydrogens (tertiary/aromatic N) is 1. The minimum absolute atomic E-state index is 0.0352. The van der Waals surface area contributed by atoms with Gasteiger partial charge in [-0.05, 0) is 67.8 Å². The molecule has 0 unspecified atom stereocenters. The molecule has 0 aromatic heterocycles. The Morgan fingerprint density at radius 3 is 2.03 bits per heavy atom. The third kappa shape index (κ3) is 7.29. The van der Waals surface area contributed by atoms with Crippen molar-refractivity contribution in [1.82, 2.24) is 5.32 Å². The highest BCUT2D eigenvalue weighted by molar-refractivity contribution is 14.1. The number of carbonyl (C=O) groups excluding carboxylic acids is 3. The highest BCUT2D eigenvalue weighted by atomic mass is 127. The minimum atomic E-state index is -2.20. The second-order valence-electron chi connectivity index (χ2n) is 6.76. The van der Waals surface area contributed by atoms with Gasteiger partial charge in [0.15, 0.2) is 6.10 Å². The van der Waals surface area contributed by atoms with Crippen LogP contribution in [0.15, 0.2) is 0 Å². The van der Waals surface area contributed by atoms with Gasteiger partial charge in [0, 0.05) is 20.5 Å². The van der Waals surface area contributed by atoms with Crippen LogP contribution in [0.5, 0.6) is 0 Å². The summed E-state index contributed by atoms with van der Waals surface area (Å²) in [6.07, 6.45) is -8.13. The second-order valence-corrected chi connectivity index (χ2v) is 10.00. The normalized spacial score (nSPS) is 14.8. The van der Waals surface area contributed by atoms with E-state index in [0.29, 0.717) is 12.8 Å². The quantitative estimate of drug-likeness (QED) is 0.131. The van der Waals surface area contributed by atoms with E-state index in [1.54, 1.807) is 22.6 Å². The Morgan fingerprint density at radius 2 is 1.55 bits per heavy atom. The van der Waals surface area contributed by atoms with Gasteiger partial charge in [0.05, 0.1) is 40.9 Å². The Labute approximate surface area is 230 Å². The number of hydrogen-bond donors (Lipinski definition) is 8. The highest BCUT2D eigenvalue weighted by Gasteiger charge is 2.35. The topological polar surface area (TPSA) is 200 Å². The van der Waals surface area contributed by atoms with Gasteiger partial charge in [0.2, 0.25) is 5.91 Å². The fraction of sp³-hybridized carbons (Fsp3) is 0.500. The van der Waals surface area contributed by atoms with Gasteiger partial charge in [-0.15, -0.1) is 0 Å². The number of carbonyl (C=O) groups is 3. The third-order valence-electron chi connectivity index (χ3n) is 4.50. The van der Waals surface area contributed by atoms with Crippen molar-refractivity contribution in [2.75, 3.05) is 37.0 Å². The van der Waals surface area contributed by atoms with Gasteiger partial charge >= 0.3 is 0 Å². The Kier molecular flexibility index (Phi) is 12.6. The molecule has 0 fully saturated rings. The molecule has 0 aliphatic rings. The molecule has 0 aliphatic carbocycles. The number of aliphatic hydroxyl groups is 6. The first kappa shape index (κ1) is 30.6. The first-order chi connectivity index (χ1) is 15.3. The fourth-order valence-electron chi connectivity index (χ4n) is 2.54. The number of benzene rings is 1. The largest absolute Gasteiger partial charge is 0.395 e.